The summed E-state index contributed by atoms with van der Waals surface area (Å²) in [4.78, 5) is 23.5. The highest BCUT2D eigenvalue weighted by Gasteiger charge is 2.23. The van der Waals surface area contributed by atoms with E-state index in [4.69, 9.17) is 9.47 Å². The van der Waals surface area contributed by atoms with Crippen LogP contribution in [0, 0.1) is 6.92 Å². The summed E-state index contributed by atoms with van der Waals surface area (Å²) >= 11 is 0. The van der Waals surface area contributed by atoms with Crippen molar-refractivity contribution in [3.63, 3.8) is 0 Å². The third kappa shape index (κ3) is 6.29. The van der Waals surface area contributed by atoms with Gasteiger partial charge in [-0.3, -0.25) is 4.79 Å². The summed E-state index contributed by atoms with van der Waals surface area (Å²) in [5, 5.41) is 2.55. The van der Waals surface area contributed by atoms with Gasteiger partial charge in [-0.25, -0.2) is 4.79 Å². The van der Waals surface area contributed by atoms with Gasteiger partial charge in [-0.2, -0.15) is 0 Å². The lowest BCUT2D eigenvalue weighted by Gasteiger charge is -2.22. The average molecular weight is 293 g/mol. The van der Waals surface area contributed by atoms with Crippen molar-refractivity contribution in [1.82, 2.24) is 5.32 Å². The van der Waals surface area contributed by atoms with Gasteiger partial charge in [-0.1, -0.05) is 18.2 Å². The number of hydrogen-bond donors (Lipinski definition) is 1. The summed E-state index contributed by atoms with van der Waals surface area (Å²) in [5.41, 5.74) is 0.374. The summed E-state index contributed by atoms with van der Waals surface area (Å²) in [6.45, 7) is 8.68. The number of carbonyl (C=O) groups is 2. The van der Waals surface area contributed by atoms with E-state index in [1.165, 1.54) is 0 Å². The highest BCUT2D eigenvalue weighted by atomic mass is 16.6. The fourth-order valence-corrected chi connectivity index (χ4v) is 1.59. The standard InChI is InChI=1S/C16H23NO4/c1-11-8-6-7-9-13(11)20-10-14(18)17-12(2)15(19)21-16(3,4)5/h6-9,12H,10H2,1-5H3,(H,17,18)/t12-/m0/s1. The second kappa shape index (κ2) is 7.11. The molecule has 5 nitrogen and oxygen atoms in total. The van der Waals surface area contributed by atoms with E-state index in [0.717, 1.165) is 5.56 Å². The quantitative estimate of drug-likeness (QED) is 0.845. The van der Waals surface area contributed by atoms with Gasteiger partial charge in [0, 0.05) is 0 Å². The molecule has 1 aromatic rings. The number of amides is 1. The minimum atomic E-state index is -0.711. The number of rotatable bonds is 5. The first-order chi connectivity index (χ1) is 9.69. The number of carbonyl (C=O) groups excluding carboxylic acids is 2. The van der Waals surface area contributed by atoms with Gasteiger partial charge in [0.05, 0.1) is 0 Å². The number of aryl methyl sites for hydroxylation is 1. The SMILES string of the molecule is Cc1ccccc1OCC(=O)N[C@@H](C)C(=O)OC(C)(C)C. The molecule has 0 unspecified atom stereocenters. The highest BCUT2D eigenvalue weighted by Crippen LogP contribution is 2.15. The van der Waals surface area contributed by atoms with Crippen molar-refractivity contribution >= 4 is 11.9 Å². The van der Waals surface area contributed by atoms with Gasteiger partial charge in [0.25, 0.3) is 5.91 Å². The van der Waals surface area contributed by atoms with Crippen molar-refractivity contribution in [1.29, 1.82) is 0 Å². The average Bonchev–Trinajstić information content (AvgIpc) is 2.35. The second-order valence-electron chi connectivity index (χ2n) is 5.88. The molecule has 0 radical (unpaired) electrons. The largest absolute Gasteiger partial charge is 0.484 e. The zero-order valence-electron chi connectivity index (χ0n) is 13.2. The summed E-state index contributed by atoms with van der Waals surface area (Å²) in [6, 6.07) is 6.71. The highest BCUT2D eigenvalue weighted by molar-refractivity contribution is 5.85. The van der Waals surface area contributed by atoms with Crippen molar-refractivity contribution in [3.8, 4) is 5.75 Å². The van der Waals surface area contributed by atoms with Gasteiger partial charge in [-0.05, 0) is 46.2 Å². The molecule has 21 heavy (non-hydrogen) atoms. The van der Waals surface area contributed by atoms with Crippen LogP contribution in [0.25, 0.3) is 0 Å². The summed E-state index contributed by atoms with van der Waals surface area (Å²) in [6.07, 6.45) is 0. The Morgan fingerprint density at radius 2 is 1.86 bits per heavy atom. The zero-order valence-corrected chi connectivity index (χ0v) is 13.2. The fourth-order valence-electron chi connectivity index (χ4n) is 1.59. The van der Waals surface area contributed by atoms with Crippen LogP contribution in [0.1, 0.15) is 33.3 Å². The molecule has 1 rings (SSSR count). The molecule has 0 aliphatic carbocycles. The Morgan fingerprint density at radius 1 is 1.24 bits per heavy atom. The smallest absolute Gasteiger partial charge is 0.328 e. The van der Waals surface area contributed by atoms with Crippen molar-refractivity contribution in [2.45, 2.75) is 46.3 Å². The Hall–Kier alpha value is -2.04. The summed E-state index contributed by atoms with van der Waals surface area (Å²) in [5.74, 6) is -0.180. The Balaban J connectivity index is 2.43. The molecule has 0 spiro atoms. The van der Waals surface area contributed by atoms with Crippen LogP contribution in [0.4, 0.5) is 0 Å². The van der Waals surface area contributed by atoms with E-state index in [-0.39, 0.29) is 12.5 Å². The minimum absolute atomic E-state index is 0.141. The molecular weight excluding hydrogens is 270 g/mol. The Bertz CT molecular complexity index is 505. The van der Waals surface area contributed by atoms with E-state index in [0.29, 0.717) is 5.75 Å². The molecule has 1 aromatic carbocycles. The van der Waals surface area contributed by atoms with Gasteiger partial charge in [-0.15, -0.1) is 0 Å². The third-order valence-corrected chi connectivity index (χ3v) is 2.59. The Morgan fingerprint density at radius 3 is 2.43 bits per heavy atom. The molecule has 0 aliphatic rings. The Labute approximate surface area is 125 Å². The predicted octanol–water partition coefficient (Wildman–Crippen LogP) is 2.22. The summed E-state index contributed by atoms with van der Waals surface area (Å²) in [7, 11) is 0. The van der Waals surface area contributed by atoms with E-state index in [1.807, 2.05) is 25.1 Å². The normalized spacial score (nSPS) is 12.4. The number of ether oxygens (including phenoxy) is 2. The molecule has 0 aliphatic heterocycles. The minimum Gasteiger partial charge on any atom is -0.484 e. The number of esters is 1. The molecular formula is C16H23NO4. The maximum atomic E-state index is 11.8. The van der Waals surface area contributed by atoms with E-state index >= 15 is 0 Å². The van der Waals surface area contributed by atoms with Gasteiger partial charge < -0.3 is 14.8 Å². The first-order valence-corrected chi connectivity index (χ1v) is 6.89. The molecule has 1 N–H and O–H groups in total. The van der Waals surface area contributed by atoms with E-state index in [2.05, 4.69) is 5.32 Å². The van der Waals surface area contributed by atoms with Crippen LogP contribution in [0.2, 0.25) is 0 Å². The third-order valence-electron chi connectivity index (χ3n) is 2.59. The molecule has 0 fully saturated rings. The maximum Gasteiger partial charge on any atom is 0.328 e. The van der Waals surface area contributed by atoms with Gasteiger partial charge in [0.2, 0.25) is 0 Å². The van der Waals surface area contributed by atoms with Crippen molar-refractivity contribution in [2.75, 3.05) is 6.61 Å². The molecule has 0 heterocycles. The molecule has 0 bridgehead atoms. The van der Waals surface area contributed by atoms with Crippen molar-refractivity contribution < 1.29 is 19.1 Å². The lowest BCUT2D eigenvalue weighted by atomic mass is 10.2. The second-order valence-corrected chi connectivity index (χ2v) is 5.88. The van der Waals surface area contributed by atoms with Crippen LogP contribution in [-0.4, -0.2) is 30.1 Å². The van der Waals surface area contributed by atoms with Gasteiger partial charge in [0.1, 0.15) is 17.4 Å². The molecule has 0 saturated heterocycles. The van der Waals surface area contributed by atoms with Crippen LogP contribution >= 0.6 is 0 Å². The first-order valence-electron chi connectivity index (χ1n) is 6.89. The molecule has 1 atom stereocenters. The lowest BCUT2D eigenvalue weighted by molar-refractivity contribution is -0.158. The van der Waals surface area contributed by atoms with Crippen LogP contribution in [-0.2, 0) is 14.3 Å². The van der Waals surface area contributed by atoms with Gasteiger partial charge >= 0.3 is 5.97 Å². The number of benzene rings is 1. The van der Waals surface area contributed by atoms with E-state index < -0.39 is 17.6 Å². The molecule has 0 saturated carbocycles. The predicted molar refractivity (Wildman–Crippen MR) is 80.1 cm³/mol. The molecule has 5 heteroatoms. The number of para-hydroxylation sites is 1. The van der Waals surface area contributed by atoms with Crippen molar-refractivity contribution in [3.05, 3.63) is 29.8 Å². The zero-order chi connectivity index (χ0) is 16.0. The number of nitrogens with one attached hydrogen (secondary N) is 1. The maximum absolute atomic E-state index is 11.8. The molecule has 0 aromatic heterocycles. The fraction of sp³-hybridized carbons (Fsp3) is 0.500. The molecule has 1 amide bonds. The lowest BCUT2D eigenvalue weighted by Crippen LogP contribution is -2.43. The first kappa shape index (κ1) is 17.0. The topological polar surface area (TPSA) is 64.6 Å². The summed E-state index contributed by atoms with van der Waals surface area (Å²) < 4.78 is 10.6. The van der Waals surface area contributed by atoms with Crippen LogP contribution in [0.5, 0.6) is 5.75 Å². The van der Waals surface area contributed by atoms with E-state index in [1.54, 1.807) is 33.8 Å². The van der Waals surface area contributed by atoms with Crippen LogP contribution in [0.15, 0.2) is 24.3 Å². The van der Waals surface area contributed by atoms with Gasteiger partial charge in [0.15, 0.2) is 6.61 Å². The van der Waals surface area contributed by atoms with Crippen LogP contribution in [0.3, 0.4) is 0 Å². The monoisotopic (exact) mass is 293 g/mol. The molecule has 116 valence electrons. The Kier molecular flexibility index (Phi) is 5.76. The van der Waals surface area contributed by atoms with Crippen molar-refractivity contribution in [2.24, 2.45) is 0 Å². The van der Waals surface area contributed by atoms with E-state index in [9.17, 15) is 9.59 Å². The van der Waals surface area contributed by atoms with Crippen LogP contribution < -0.4 is 10.1 Å². The number of hydrogen-bond acceptors (Lipinski definition) is 4.